The standard InChI is InChI=1S/C18H19FN2O2/c1-12-6-9-21(17(12)13-4-3-5-15(19)10-13)18(23)14-7-8-20(2)16(22)11-14/h3-5,7-8,10-12,17H,6,9H2,1-2H3/t12-,17-/m0/s1. The average molecular weight is 314 g/mol. The van der Waals surface area contributed by atoms with E-state index in [2.05, 4.69) is 6.92 Å². The van der Waals surface area contributed by atoms with Gasteiger partial charge in [-0.25, -0.2) is 4.39 Å². The molecule has 2 atom stereocenters. The number of aromatic nitrogens is 1. The average Bonchev–Trinajstić information content (AvgIpc) is 2.91. The summed E-state index contributed by atoms with van der Waals surface area (Å²) in [6.07, 6.45) is 2.45. The van der Waals surface area contributed by atoms with Gasteiger partial charge >= 0.3 is 0 Å². The molecule has 0 saturated carbocycles. The smallest absolute Gasteiger partial charge is 0.254 e. The van der Waals surface area contributed by atoms with Crippen LogP contribution in [0.5, 0.6) is 0 Å². The number of aryl methyl sites for hydroxylation is 1. The van der Waals surface area contributed by atoms with E-state index in [9.17, 15) is 14.0 Å². The lowest BCUT2D eigenvalue weighted by molar-refractivity contribution is 0.0720. The fourth-order valence-electron chi connectivity index (χ4n) is 3.22. The first-order chi connectivity index (χ1) is 11.0. The maximum Gasteiger partial charge on any atom is 0.254 e. The van der Waals surface area contributed by atoms with Gasteiger partial charge in [0.25, 0.3) is 11.5 Å². The second-order valence-electron chi connectivity index (χ2n) is 6.13. The van der Waals surface area contributed by atoms with Crippen molar-refractivity contribution in [3.05, 3.63) is 69.9 Å². The summed E-state index contributed by atoms with van der Waals surface area (Å²) in [7, 11) is 1.64. The van der Waals surface area contributed by atoms with Gasteiger partial charge in [-0.05, 0) is 36.1 Å². The van der Waals surface area contributed by atoms with Crippen LogP contribution in [0.1, 0.15) is 35.3 Å². The number of hydrogen-bond acceptors (Lipinski definition) is 2. The first kappa shape index (κ1) is 15.5. The summed E-state index contributed by atoms with van der Waals surface area (Å²) in [6, 6.07) is 9.23. The van der Waals surface area contributed by atoms with Crippen LogP contribution in [-0.4, -0.2) is 21.9 Å². The Hall–Kier alpha value is -2.43. The molecule has 120 valence electrons. The van der Waals surface area contributed by atoms with E-state index in [1.54, 1.807) is 30.3 Å². The first-order valence-corrected chi connectivity index (χ1v) is 7.70. The van der Waals surface area contributed by atoms with Gasteiger partial charge in [-0.3, -0.25) is 9.59 Å². The van der Waals surface area contributed by atoms with Crippen molar-refractivity contribution in [1.82, 2.24) is 9.47 Å². The maximum absolute atomic E-state index is 13.5. The zero-order chi connectivity index (χ0) is 16.6. The predicted molar refractivity (Wildman–Crippen MR) is 85.6 cm³/mol. The lowest BCUT2D eigenvalue weighted by atomic mass is 9.95. The molecule has 0 aliphatic carbocycles. The number of hydrogen-bond donors (Lipinski definition) is 0. The van der Waals surface area contributed by atoms with Crippen LogP contribution in [0.15, 0.2) is 47.4 Å². The molecule has 1 amide bonds. The number of carbonyl (C=O) groups excluding carboxylic acids is 1. The molecule has 0 spiro atoms. The monoisotopic (exact) mass is 314 g/mol. The molecule has 4 nitrogen and oxygen atoms in total. The fraction of sp³-hybridized carbons (Fsp3) is 0.333. The molecule has 0 bridgehead atoms. The van der Waals surface area contributed by atoms with E-state index in [0.717, 1.165) is 12.0 Å². The largest absolute Gasteiger partial charge is 0.331 e. The fourth-order valence-corrected chi connectivity index (χ4v) is 3.22. The maximum atomic E-state index is 13.5. The van der Waals surface area contributed by atoms with Crippen LogP contribution >= 0.6 is 0 Å². The third kappa shape index (κ3) is 2.91. The van der Waals surface area contributed by atoms with Crippen molar-refractivity contribution in [1.29, 1.82) is 0 Å². The molecule has 1 aliphatic heterocycles. The van der Waals surface area contributed by atoms with Crippen LogP contribution in [0.25, 0.3) is 0 Å². The minimum Gasteiger partial charge on any atom is -0.331 e. The van der Waals surface area contributed by atoms with Crippen LogP contribution in [0, 0.1) is 11.7 Å². The highest BCUT2D eigenvalue weighted by molar-refractivity contribution is 5.94. The van der Waals surface area contributed by atoms with Gasteiger partial charge in [-0.1, -0.05) is 19.1 Å². The third-order valence-corrected chi connectivity index (χ3v) is 4.50. The van der Waals surface area contributed by atoms with Gasteiger partial charge in [0, 0.05) is 31.4 Å². The van der Waals surface area contributed by atoms with E-state index in [-0.39, 0.29) is 29.2 Å². The van der Waals surface area contributed by atoms with Crippen molar-refractivity contribution in [3.63, 3.8) is 0 Å². The number of nitrogens with zero attached hydrogens (tertiary/aromatic N) is 2. The van der Waals surface area contributed by atoms with Crippen LogP contribution in [0.3, 0.4) is 0 Å². The number of halogens is 1. The van der Waals surface area contributed by atoms with E-state index in [1.807, 2.05) is 6.07 Å². The number of carbonyl (C=O) groups is 1. The molecule has 23 heavy (non-hydrogen) atoms. The van der Waals surface area contributed by atoms with E-state index in [4.69, 9.17) is 0 Å². The molecule has 1 aromatic heterocycles. The van der Waals surface area contributed by atoms with Crippen LogP contribution in [0.4, 0.5) is 4.39 Å². The Balaban J connectivity index is 1.95. The molecular formula is C18H19FN2O2. The Labute approximate surface area is 134 Å². The van der Waals surface area contributed by atoms with Gasteiger partial charge < -0.3 is 9.47 Å². The Morgan fingerprint density at radius 2 is 2.04 bits per heavy atom. The SMILES string of the molecule is C[C@H]1CCN(C(=O)c2ccn(C)c(=O)c2)[C@@H]1c1cccc(F)c1. The highest BCUT2D eigenvalue weighted by atomic mass is 19.1. The number of pyridine rings is 1. The second kappa shape index (κ2) is 5.99. The highest BCUT2D eigenvalue weighted by Crippen LogP contribution is 2.37. The molecule has 2 aromatic rings. The van der Waals surface area contributed by atoms with Crippen molar-refractivity contribution >= 4 is 5.91 Å². The van der Waals surface area contributed by atoms with Crippen LogP contribution in [0.2, 0.25) is 0 Å². The lowest BCUT2D eigenvalue weighted by Gasteiger charge is -2.27. The minimum absolute atomic E-state index is 0.165. The van der Waals surface area contributed by atoms with Crippen molar-refractivity contribution < 1.29 is 9.18 Å². The molecule has 1 aromatic carbocycles. The highest BCUT2D eigenvalue weighted by Gasteiger charge is 2.36. The summed E-state index contributed by atoms with van der Waals surface area (Å²) in [5.74, 6) is -0.240. The summed E-state index contributed by atoms with van der Waals surface area (Å²) in [6.45, 7) is 2.67. The van der Waals surface area contributed by atoms with Crippen LogP contribution < -0.4 is 5.56 Å². The van der Waals surface area contributed by atoms with Crippen molar-refractivity contribution in [2.45, 2.75) is 19.4 Å². The first-order valence-electron chi connectivity index (χ1n) is 7.70. The van der Waals surface area contributed by atoms with Crippen molar-refractivity contribution in [2.75, 3.05) is 6.54 Å². The summed E-state index contributed by atoms with van der Waals surface area (Å²) in [5.41, 5.74) is 0.959. The summed E-state index contributed by atoms with van der Waals surface area (Å²) in [4.78, 5) is 26.3. The van der Waals surface area contributed by atoms with Gasteiger partial charge in [0.15, 0.2) is 0 Å². The number of amides is 1. The van der Waals surface area contributed by atoms with E-state index in [0.29, 0.717) is 12.1 Å². The molecule has 2 heterocycles. The molecule has 5 heteroatoms. The molecule has 1 aliphatic rings. The number of likely N-dealkylation sites (tertiary alicyclic amines) is 1. The van der Waals surface area contributed by atoms with Gasteiger partial charge in [0.1, 0.15) is 5.82 Å². The van der Waals surface area contributed by atoms with Gasteiger partial charge in [0.05, 0.1) is 6.04 Å². The van der Waals surface area contributed by atoms with Gasteiger partial charge in [0.2, 0.25) is 0 Å². The lowest BCUT2D eigenvalue weighted by Crippen LogP contribution is -2.33. The summed E-state index contributed by atoms with van der Waals surface area (Å²) in [5, 5.41) is 0. The Bertz CT molecular complexity index is 800. The topological polar surface area (TPSA) is 42.3 Å². The Morgan fingerprint density at radius 3 is 2.74 bits per heavy atom. The molecule has 0 radical (unpaired) electrons. The number of rotatable bonds is 2. The predicted octanol–water partition coefficient (Wildman–Crippen LogP) is 2.75. The normalized spacial score (nSPS) is 20.7. The molecule has 1 saturated heterocycles. The molecule has 0 N–H and O–H groups in total. The van der Waals surface area contributed by atoms with Gasteiger partial charge in [-0.2, -0.15) is 0 Å². The van der Waals surface area contributed by atoms with Crippen LogP contribution in [-0.2, 0) is 7.05 Å². The Kier molecular flexibility index (Phi) is 4.03. The Morgan fingerprint density at radius 1 is 1.26 bits per heavy atom. The summed E-state index contributed by atoms with van der Waals surface area (Å²) >= 11 is 0. The van der Waals surface area contributed by atoms with E-state index >= 15 is 0 Å². The molecular weight excluding hydrogens is 295 g/mol. The van der Waals surface area contributed by atoms with E-state index in [1.165, 1.54) is 22.8 Å². The molecule has 0 unspecified atom stereocenters. The molecule has 3 rings (SSSR count). The minimum atomic E-state index is -0.303. The number of benzene rings is 1. The summed E-state index contributed by atoms with van der Waals surface area (Å²) < 4.78 is 15.0. The zero-order valence-corrected chi connectivity index (χ0v) is 13.2. The third-order valence-electron chi connectivity index (χ3n) is 4.50. The van der Waals surface area contributed by atoms with Crippen molar-refractivity contribution in [3.8, 4) is 0 Å². The quantitative estimate of drug-likeness (QED) is 0.855. The molecule has 1 fully saturated rings. The van der Waals surface area contributed by atoms with Crippen molar-refractivity contribution in [2.24, 2.45) is 13.0 Å². The van der Waals surface area contributed by atoms with Gasteiger partial charge in [-0.15, -0.1) is 0 Å². The zero-order valence-electron chi connectivity index (χ0n) is 13.2. The van der Waals surface area contributed by atoms with E-state index < -0.39 is 0 Å². The second-order valence-corrected chi connectivity index (χ2v) is 6.13.